The molecule has 0 amide bonds. The molecule has 0 aliphatic heterocycles. The molecule has 1 aromatic heterocycles. The molecule has 3 rings (SSSR count). The third kappa shape index (κ3) is 3.47. The van der Waals surface area contributed by atoms with Crippen LogP contribution in [-0.4, -0.2) is 23.2 Å². The van der Waals surface area contributed by atoms with E-state index in [-0.39, 0.29) is 0 Å². The highest BCUT2D eigenvalue weighted by Gasteiger charge is 2.29. The van der Waals surface area contributed by atoms with Crippen molar-refractivity contribution in [3.05, 3.63) is 11.7 Å². The predicted molar refractivity (Wildman–Crippen MR) is 83.3 cm³/mol. The summed E-state index contributed by atoms with van der Waals surface area (Å²) in [5, 5.41) is 7.70. The van der Waals surface area contributed by atoms with E-state index in [0.29, 0.717) is 17.9 Å². The minimum Gasteiger partial charge on any atom is -0.339 e. The van der Waals surface area contributed by atoms with Crippen LogP contribution in [0.1, 0.15) is 88.3 Å². The van der Waals surface area contributed by atoms with E-state index in [4.69, 9.17) is 9.51 Å². The monoisotopic (exact) mass is 291 g/mol. The molecule has 4 nitrogen and oxygen atoms in total. The molecule has 21 heavy (non-hydrogen) atoms. The van der Waals surface area contributed by atoms with E-state index < -0.39 is 0 Å². The van der Waals surface area contributed by atoms with Crippen LogP contribution < -0.4 is 5.32 Å². The summed E-state index contributed by atoms with van der Waals surface area (Å²) in [7, 11) is 2.06. The van der Waals surface area contributed by atoms with Crippen molar-refractivity contribution >= 4 is 0 Å². The van der Waals surface area contributed by atoms with Crippen molar-refractivity contribution in [3.63, 3.8) is 0 Å². The Hall–Kier alpha value is -0.900. The van der Waals surface area contributed by atoms with Crippen molar-refractivity contribution in [2.24, 2.45) is 5.92 Å². The highest BCUT2D eigenvalue weighted by Crippen LogP contribution is 2.38. The molecule has 2 unspecified atom stereocenters. The number of nitrogens with one attached hydrogen (secondary N) is 1. The third-order valence-corrected chi connectivity index (χ3v) is 5.67. The topological polar surface area (TPSA) is 51.0 Å². The van der Waals surface area contributed by atoms with E-state index in [1.807, 2.05) is 0 Å². The van der Waals surface area contributed by atoms with Gasteiger partial charge in [-0.15, -0.1) is 0 Å². The maximum absolute atomic E-state index is 5.61. The fourth-order valence-corrected chi connectivity index (χ4v) is 4.10. The van der Waals surface area contributed by atoms with Gasteiger partial charge in [-0.3, -0.25) is 0 Å². The van der Waals surface area contributed by atoms with Crippen molar-refractivity contribution in [3.8, 4) is 0 Å². The maximum atomic E-state index is 5.61. The van der Waals surface area contributed by atoms with E-state index in [0.717, 1.165) is 17.6 Å². The number of aromatic nitrogens is 2. The standard InChI is InChI=1S/C17H29N3O/c1-3-12-5-4-6-14(11-12)16-19-17(21-20-16)13-7-9-15(18-2)10-8-13/h12-15,18H,3-11H2,1-2H3. The second-order valence-electron chi connectivity index (χ2n) is 6.97. The fourth-order valence-electron chi connectivity index (χ4n) is 4.10. The van der Waals surface area contributed by atoms with Gasteiger partial charge in [0.05, 0.1) is 0 Å². The SMILES string of the molecule is CCC1CCCC(c2noc(C3CCC(NC)CC3)n2)C1. The molecule has 0 aromatic carbocycles. The summed E-state index contributed by atoms with van der Waals surface area (Å²) >= 11 is 0. The van der Waals surface area contributed by atoms with E-state index in [9.17, 15) is 0 Å². The Morgan fingerprint density at radius 2 is 1.90 bits per heavy atom. The average Bonchev–Trinajstić information content (AvgIpc) is 3.05. The number of rotatable bonds is 4. The molecule has 2 atom stereocenters. The lowest BCUT2D eigenvalue weighted by Gasteiger charge is -2.26. The summed E-state index contributed by atoms with van der Waals surface area (Å²) < 4.78 is 5.61. The first kappa shape index (κ1) is 15.0. The second kappa shape index (κ2) is 6.91. The molecule has 0 spiro atoms. The Bertz CT molecular complexity index is 437. The molecule has 1 aromatic rings. The van der Waals surface area contributed by atoms with Crippen molar-refractivity contribution < 1.29 is 4.52 Å². The lowest BCUT2D eigenvalue weighted by molar-refractivity contribution is 0.280. The van der Waals surface area contributed by atoms with Gasteiger partial charge >= 0.3 is 0 Å². The Morgan fingerprint density at radius 3 is 2.62 bits per heavy atom. The van der Waals surface area contributed by atoms with Gasteiger partial charge in [0.2, 0.25) is 5.89 Å². The van der Waals surface area contributed by atoms with Crippen LogP contribution in [0.3, 0.4) is 0 Å². The minimum absolute atomic E-state index is 0.487. The van der Waals surface area contributed by atoms with Crippen LogP contribution in [0.4, 0.5) is 0 Å². The molecule has 2 aliphatic rings. The van der Waals surface area contributed by atoms with Crippen molar-refractivity contribution in [1.29, 1.82) is 0 Å². The molecular weight excluding hydrogens is 262 g/mol. The van der Waals surface area contributed by atoms with E-state index in [2.05, 4.69) is 24.4 Å². The molecule has 0 bridgehead atoms. The predicted octanol–water partition coefficient (Wildman–Crippen LogP) is 4.00. The molecule has 118 valence electrons. The Balaban J connectivity index is 1.61. The van der Waals surface area contributed by atoms with Crippen LogP contribution in [0.5, 0.6) is 0 Å². The van der Waals surface area contributed by atoms with Gasteiger partial charge in [0.1, 0.15) is 0 Å². The summed E-state index contributed by atoms with van der Waals surface area (Å²) in [6, 6.07) is 0.673. The van der Waals surface area contributed by atoms with Gasteiger partial charge in [-0.05, 0) is 51.5 Å². The van der Waals surface area contributed by atoms with Crippen LogP contribution >= 0.6 is 0 Å². The van der Waals surface area contributed by atoms with Crippen molar-refractivity contribution in [1.82, 2.24) is 15.5 Å². The molecule has 0 radical (unpaired) electrons. The fraction of sp³-hybridized carbons (Fsp3) is 0.882. The molecule has 2 saturated carbocycles. The number of hydrogen-bond donors (Lipinski definition) is 1. The highest BCUT2D eigenvalue weighted by molar-refractivity contribution is 5.02. The summed E-state index contributed by atoms with van der Waals surface area (Å²) in [5.74, 6) is 3.77. The van der Waals surface area contributed by atoms with Gasteiger partial charge in [0.25, 0.3) is 0 Å². The lowest BCUT2D eigenvalue weighted by Crippen LogP contribution is -2.29. The van der Waals surface area contributed by atoms with Crippen LogP contribution in [0, 0.1) is 5.92 Å². The van der Waals surface area contributed by atoms with Crippen LogP contribution in [0.25, 0.3) is 0 Å². The molecule has 0 saturated heterocycles. The van der Waals surface area contributed by atoms with Crippen LogP contribution in [-0.2, 0) is 0 Å². The van der Waals surface area contributed by atoms with E-state index in [1.165, 1.54) is 57.8 Å². The van der Waals surface area contributed by atoms with Gasteiger partial charge < -0.3 is 9.84 Å². The Labute approximate surface area is 128 Å². The van der Waals surface area contributed by atoms with Crippen LogP contribution in [0.15, 0.2) is 4.52 Å². The molecule has 1 N–H and O–H groups in total. The van der Waals surface area contributed by atoms with E-state index in [1.54, 1.807) is 0 Å². The second-order valence-corrected chi connectivity index (χ2v) is 6.97. The minimum atomic E-state index is 0.487. The molecular formula is C17H29N3O. The van der Waals surface area contributed by atoms with Gasteiger partial charge in [-0.2, -0.15) is 4.98 Å². The normalized spacial score (nSPS) is 34.0. The first-order chi connectivity index (χ1) is 10.3. The maximum Gasteiger partial charge on any atom is 0.229 e. The quantitative estimate of drug-likeness (QED) is 0.911. The highest BCUT2D eigenvalue weighted by atomic mass is 16.5. The largest absolute Gasteiger partial charge is 0.339 e. The Morgan fingerprint density at radius 1 is 1.10 bits per heavy atom. The first-order valence-corrected chi connectivity index (χ1v) is 8.80. The zero-order valence-corrected chi connectivity index (χ0v) is 13.5. The number of nitrogens with zero attached hydrogens (tertiary/aromatic N) is 2. The zero-order valence-electron chi connectivity index (χ0n) is 13.5. The molecule has 2 fully saturated rings. The molecule has 1 heterocycles. The summed E-state index contributed by atoms with van der Waals surface area (Å²) in [5.41, 5.74) is 0. The summed E-state index contributed by atoms with van der Waals surface area (Å²) in [6.45, 7) is 2.30. The molecule has 4 heteroatoms. The van der Waals surface area contributed by atoms with Crippen molar-refractivity contribution in [2.45, 2.75) is 82.6 Å². The third-order valence-electron chi connectivity index (χ3n) is 5.67. The van der Waals surface area contributed by atoms with Gasteiger partial charge in [-0.25, -0.2) is 0 Å². The smallest absolute Gasteiger partial charge is 0.229 e. The number of hydrogen-bond acceptors (Lipinski definition) is 4. The van der Waals surface area contributed by atoms with Gasteiger partial charge in [-0.1, -0.05) is 31.3 Å². The van der Waals surface area contributed by atoms with Gasteiger partial charge in [0, 0.05) is 17.9 Å². The first-order valence-electron chi connectivity index (χ1n) is 8.80. The summed E-state index contributed by atoms with van der Waals surface area (Å²) in [4.78, 5) is 4.78. The van der Waals surface area contributed by atoms with Crippen LogP contribution in [0.2, 0.25) is 0 Å². The summed E-state index contributed by atoms with van der Waals surface area (Å²) in [6.07, 6.45) is 11.3. The van der Waals surface area contributed by atoms with Gasteiger partial charge in [0.15, 0.2) is 5.82 Å². The lowest BCUT2D eigenvalue weighted by atomic mass is 9.80. The zero-order chi connectivity index (χ0) is 14.7. The Kier molecular flexibility index (Phi) is 4.94. The molecule has 2 aliphatic carbocycles. The van der Waals surface area contributed by atoms with Crippen molar-refractivity contribution in [2.75, 3.05) is 7.05 Å². The van der Waals surface area contributed by atoms with E-state index >= 15 is 0 Å². The average molecular weight is 291 g/mol.